The molecule has 0 bridgehead atoms. The second kappa shape index (κ2) is 9.20. The highest BCUT2D eigenvalue weighted by molar-refractivity contribution is 8.00. The van der Waals surface area contributed by atoms with E-state index in [4.69, 9.17) is 14.7 Å². The average molecular weight is 401 g/mol. The predicted octanol–water partition coefficient (Wildman–Crippen LogP) is 3.00. The van der Waals surface area contributed by atoms with Gasteiger partial charge in [-0.25, -0.2) is 9.97 Å². The van der Waals surface area contributed by atoms with E-state index in [-0.39, 0.29) is 11.2 Å². The molecule has 1 aromatic heterocycles. The summed E-state index contributed by atoms with van der Waals surface area (Å²) in [5.74, 6) is 0.917. The number of amides is 1. The molecule has 150 valence electrons. The molecule has 1 amide bonds. The minimum absolute atomic E-state index is 0.106. The number of fused-ring (bicyclic) bond motifs is 1. The average Bonchev–Trinajstić information content (AvgIpc) is 3.22. The summed E-state index contributed by atoms with van der Waals surface area (Å²) in [6, 6.07) is 8.40. The molecular weight excluding hydrogens is 372 g/mol. The van der Waals surface area contributed by atoms with E-state index >= 15 is 0 Å². The van der Waals surface area contributed by atoms with Crippen molar-refractivity contribution >= 4 is 28.6 Å². The molecule has 2 aromatic rings. The minimum Gasteiger partial charge on any atom is -0.379 e. The van der Waals surface area contributed by atoms with Crippen molar-refractivity contribution in [3.8, 4) is 0 Å². The van der Waals surface area contributed by atoms with Gasteiger partial charge < -0.3 is 10.1 Å². The minimum atomic E-state index is -0.185. The van der Waals surface area contributed by atoms with E-state index in [9.17, 15) is 4.79 Å². The van der Waals surface area contributed by atoms with Crippen molar-refractivity contribution in [2.24, 2.45) is 0 Å². The molecule has 1 saturated carbocycles. The number of carbonyl (C=O) groups excluding carboxylic acids is 1. The Hall–Kier alpha value is -1.70. The smallest absolute Gasteiger partial charge is 0.233 e. The third-order valence-electron chi connectivity index (χ3n) is 5.44. The molecule has 1 aliphatic carbocycles. The van der Waals surface area contributed by atoms with Gasteiger partial charge in [0.25, 0.3) is 0 Å². The Morgan fingerprint density at radius 2 is 2.00 bits per heavy atom. The van der Waals surface area contributed by atoms with Crippen LogP contribution in [-0.4, -0.2) is 58.4 Å². The Bertz CT molecular complexity index is 819. The Kier molecular flexibility index (Phi) is 6.44. The lowest BCUT2D eigenvalue weighted by atomic mass is 10.2. The van der Waals surface area contributed by atoms with Crippen LogP contribution in [0.3, 0.4) is 0 Å². The van der Waals surface area contributed by atoms with Crippen LogP contribution in [0, 0.1) is 0 Å². The van der Waals surface area contributed by atoms with E-state index in [1.807, 2.05) is 31.2 Å². The highest BCUT2D eigenvalue weighted by atomic mass is 32.2. The van der Waals surface area contributed by atoms with Crippen LogP contribution in [0.15, 0.2) is 29.3 Å². The first-order valence-corrected chi connectivity index (χ1v) is 11.1. The number of carbonyl (C=O) groups is 1. The van der Waals surface area contributed by atoms with Crippen molar-refractivity contribution in [3.05, 3.63) is 30.1 Å². The number of thioether (sulfide) groups is 1. The van der Waals surface area contributed by atoms with Gasteiger partial charge in [-0.05, 0) is 25.8 Å². The van der Waals surface area contributed by atoms with Gasteiger partial charge in [0, 0.05) is 24.5 Å². The van der Waals surface area contributed by atoms with Gasteiger partial charge in [0.05, 0.1) is 30.5 Å². The third kappa shape index (κ3) is 4.82. The Balaban J connectivity index is 1.51. The zero-order valence-corrected chi connectivity index (χ0v) is 17.2. The largest absolute Gasteiger partial charge is 0.379 e. The van der Waals surface area contributed by atoms with Crippen LogP contribution < -0.4 is 5.32 Å². The molecule has 1 N–H and O–H groups in total. The number of nitrogens with one attached hydrogen (secondary N) is 1. The second-order valence-electron chi connectivity index (χ2n) is 7.60. The number of hydrogen-bond acceptors (Lipinski definition) is 6. The van der Waals surface area contributed by atoms with Gasteiger partial charge in [0.1, 0.15) is 10.9 Å². The number of ether oxygens (including phenoxy) is 1. The summed E-state index contributed by atoms with van der Waals surface area (Å²) < 4.78 is 5.43. The van der Waals surface area contributed by atoms with Crippen LogP contribution in [0.5, 0.6) is 0 Å². The zero-order chi connectivity index (χ0) is 19.3. The molecule has 0 radical (unpaired) electrons. The van der Waals surface area contributed by atoms with Crippen LogP contribution in [0.4, 0.5) is 0 Å². The molecule has 1 aliphatic heterocycles. The summed E-state index contributed by atoms with van der Waals surface area (Å²) in [4.78, 5) is 24.6. The Morgan fingerprint density at radius 1 is 1.25 bits per heavy atom. The van der Waals surface area contributed by atoms with E-state index in [2.05, 4.69) is 10.2 Å². The van der Waals surface area contributed by atoms with E-state index in [1.165, 1.54) is 24.6 Å². The summed E-state index contributed by atoms with van der Waals surface area (Å²) >= 11 is 1.53. The molecule has 6 nitrogen and oxygen atoms in total. The van der Waals surface area contributed by atoms with Crippen molar-refractivity contribution in [2.45, 2.75) is 55.5 Å². The van der Waals surface area contributed by atoms with Crippen molar-refractivity contribution in [1.29, 1.82) is 0 Å². The fourth-order valence-electron chi connectivity index (χ4n) is 3.82. The van der Waals surface area contributed by atoms with Crippen LogP contribution in [0.25, 0.3) is 10.9 Å². The summed E-state index contributed by atoms with van der Waals surface area (Å²) in [6.45, 7) is 6.00. The van der Waals surface area contributed by atoms with Gasteiger partial charge in [-0.1, -0.05) is 42.8 Å². The summed E-state index contributed by atoms with van der Waals surface area (Å²) in [7, 11) is 0. The fraction of sp³-hybridized carbons (Fsp3) is 0.571. The third-order valence-corrected chi connectivity index (χ3v) is 6.54. The van der Waals surface area contributed by atoms with Crippen LogP contribution in [0.2, 0.25) is 0 Å². The molecular formula is C21H28N4O2S. The quantitative estimate of drug-likeness (QED) is 0.594. The number of rotatable bonds is 6. The van der Waals surface area contributed by atoms with Crippen LogP contribution in [-0.2, 0) is 16.1 Å². The molecule has 1 atom stereocenters. The maximum absolute atomic E-state index is 12.6. The monoisotopic (exact) mass is 400 g/mol. The lowest BCUT2D eigenvalue weighted by Crippen LogP contribution is -2.37. The fourth-order valence-corrected chi connectivity index (χ4v) is 4.79. The number of hydrogen-bond donors (Lipinski definition) is 1. The molecule has 1 aromatic carbocycles. The van der Waals surface area contributed by atoms with Gasteiger partial charge in [0.2, 0.25) is 5.91 Å². The number of benzene rings is 1. The molecule has 2 heterocycles. The maximum Gasteiger partial charge on any atom is 0.233 e. The highest BCUT2D eigenvalue weighted by Gasteiger charge is 2.23. The Labute approximate surface area is 170 Å². The van der Waals surface area contributed by atoms with Gasteiger partial charge in [-0.2, -0.15) is 0 Å². The molecule has 1 unspecified atom stereocenters. The van der Waals surface area contributed by atoms with Gasteiger partial charge in [-0.15, -0.1) is 0 Å². The Morgan fingerprint density at radius 3 is 2.79 bits per heavy atom. The SMILES string of the molecule is CC(Sc1nc(CN2CCOCC2)nc2ccccc12)C(=O)NC1CCCC1. The van der Waals surface area contributed by atoms with Gasteiger partial charge in [0.15, 0.2) is 0 Å². The molecule has 2 fully saturated rings. The van der Waals surface area contributed by atoms with E-state index in [1.54, 1.807) is 0 Å². The highest BCUT2D eigenvalue weighted by Crippen LogP contribution is 2.29. The molecule has 2 aliphatic rings. The molecule has 1 saturated heterocycles. The lowest BCUT2D eigenvalue weighted by molar-refractivity contribution is -0.120. The van der Waals surface area contributed by atoms with E-state index in [0.717, 1.165) is 60.9 Å². The van der Waals surface area contributed by atoms with Gasteiger partial charge in [-0.3, -0.25) is 9.69 Å². The number of para-hydroxylation sites is 1. The van der Waals surface area contributed by atoms with E-state index in [0.29, 0.717) is 12.6 Å². The first-order chi connectivity index (χ1) is 13.7. The van der Waals surface area contributed by atoms with Crippen molar-refractivity contribution in [3.63, 3.8) is 0 Å². The topological polar surface area (TPSA) is 67.3 Å². The zero-order valence-electron chi connectivity index (χ0n) is 16.4. The molecule has 7 heteroatoms. The number of nitrogens with zero attached hydrogens (tertiary/aromatic N) is 3. The van der Waals surface area contributed by atoms with Crippen molar-refractivity contribution in [1.82, 2.24) is 20.2 Å². The summed E-state index contributed by atoms with van der Waals surface area (Å²) in [5, 5.41) is 4.92. The van der Waals surface area contributed by atoms with Crippen LogP contribution >= 0.6 is 11.8 Å². The normalized spacial score (nSPS) is 19.8. The van der Waals surface area contributed by atoms with Crippen molar-refractivity contribution in [2.75, 3.05) is 26.3 Å². The van der Waals surface area contributed by atoms with Gasteiger partial charge >= 0.3 is 0 Å². The standard InChI is InChI=1S/C21H28N4O2S/c1-15(20(26)22-16-6-2-3-7-16)28-21-17-8-4-5-9-18(17)23-19(24-21)14-25-10-12-27-13-11-25/h4-5,8-9,15-16H,2-3,6-7,10-14H2,1H3,(H,22,26). The molecule has 4 rings (SSSR count). The molecule has 28 heavy (non-hydrogen) atoms. The maximum atomic E-state index is 12.6. The summed E-state index contributed by atoms with van der Waals surface area (Å²) in [6.07, 6.45) is 4.63. The lowest BCUT2D eigenvalue weighted by Gasteiger charge is -2.26. The van der Waals surface area contributed by atoms with E-state index < -0.39 is 0 Å². The molecule has 0 spiro atoms. The predicted molar refractivity (Wildman–Crippen MR) is 111 cm³/mol. The summed E-state index contributed by atoms with van der Waals surface area (Å²) in [5.41, 5.74) is 0.937. The van der Waals surface area contributed by atoms with Crippen molar-refractivity contribution < 1.29 is 9.53 Å². The first-order valence-electron chi connectivity index (χ1n) is 10.2. The first kappa shape index (κ1) is 19.6. The number of morpholine rings is 1. The van der Waals surface area contributed by atoms with Crippen LogP contribution in [0.1, 0.15) is 38.4 Å². The second-order valence-corrected chi connectivity index (χ2v) is 8.93. The number of aromatic nitrogens is 2.